The van der Waals surface area contributed by atoms with E-state index in [9.17, 15) is 0 Å². The first-order valence-corrected chi connectivity index (χ1v) is 3.93. The van der Waals surface area contributed by atoms with E-state index in [1.54, 1.807) is 0 Å². The first kappa shape index (κ1) is 4.69. The minimum Gasteiger partial charge on any atom is -0.314 e. The van der Waals surface area contributed by atoms with E-state index in [0.29, 0.717) is 0 Å². The Morgan fingerprint density at radius 3 is 3.22 bits per heavy atom. The molecule has 1 N–H and O–H groups in total. The van der Waals surface area contributed by atoms with Gasteiger partial charge in [-0.25, -0.2) is 0 Å². The molecule has 0 spiro atoms. The van der Waals surface area contributed by atoms with Gasteiger partial charge >= 0.3 is 0 Å². The van der Waals surface area contributed by atoms with Crippen LogP contribution < -0.4 is 5.32 Å². The molecule has 0 amide bonds. The second-order valence-corrected chi connectivity index (χ2v) is 3.48. The van der Waals surface area contributed by atoms with E-state index in [2.05, 4.69) is 10.2 Å². The lowest BCUT2D eigenvalue weighted by Crippen LogP contribution is -2.60. The van der Waals surface area contributed by atoms with Crippen LogP contribution in [0.5, 0.6) is 0 Å². The summed E-state index contributed by atoms with van der Waals surface area (Å²) in [6, 6.07) is 1.99. The lowest BCUT2D eigenvalue weighted by atomic mass is 10.0. The van der Waals surface area contributed by atoms with Gasteiger partial charge in [-0.05, 0) is 12.3 Å². The van der Waals surface area contributed by atoms with Gasteiger partial charge < -0.3 is 5.32 Å². The Balaban J connectivity index is 1.81. The van der Waals surface area contributed by atoms with E-state index in [-0.39, 0.29) is 0 Å². The smallest absolute Gasteiger partial charge is 0.0267 e. The number of nitrogens with zero attached hydrogens (tertiary/aromatic N) is 1. The van der Waals surface area contributed by atoms with E-state index >= 15 is 0 Å². The third kappa shape index (κ3) is 0.447. The van der Waals surface area contributed by atoms with Crippen LogP contribution >= 0.6 is 0 Å². The van der Waals surface area contributed by atoms with Gasteiger partial charge in [0.25, 0.3) is 0 Å². The van der Waals surface area contributed by atoms with Crippen LogP contribution in [0.25, 0.3) is 0 Å². The third-order valence-corrected chi connectivity index (χ3v) is 3.05. The van der Waals surface area contributed by atoms with Crippen LogP contribution in [-0.2, 0) is 0 Å². The molecule has 0 bridgehead atoms. The summed E-state index contributed by atoms with van der Waals surface area (Å²) in [5, 5.41) is 3.43. The Labute approximate surface area is 55.2 Å². The van der Waals surface area contributed by atoms with Crippen LogP contribution in [0.2, 0.25) is 0 Å². The van der Waals surface area contributed by atoms with E-state index in [0.717, 1.165) is 18.0 Å². The molecule has 3 atom stereocenters. The van der Waals surface area contributed by atoms with Crippen molar-refractivity contribution in [1.29, 1.82) is 0 Å². The third-order valence-electron chi connectivity index (χ3n) is 3.05. The first-order chi connectivity index (χ1) is 4.47. The van der Waals surface area contributed by atoms with Crippen LogP contribution in [0.3, 0.4) is 0 Å². The van der Waals surface area contributed by atoms with Crippen LogP contribution in [0, 0.1) is 5.92 Å². The minimum atomic E-state index is 0.948. The maximum Gasteiger partial charge on any atom is 0.0267 e. The summed E-state index contributed by atoms with van der Waals surface area (Å²) in [4.78, 5) is 2.67. The maximum absolute atomic E-state index is 3.43. The van der Waals surface area contributed by atoms with Gasteiger partial charge in [-0.2, -0.15) is 0 Å². The molecule has 3 unspecified atom stereocenters. The molecule has 3 fully saturated rings. The molecule has 2 heteroatoms. The lowest BCUT2D eigenvalue weighted by molar-refractivity contribution is 0.0565. The Morgan fingerprint density at radius 1 is 1.33 bits per heavy atom. The van der Waals surface area contributed by atoms with E-state index in [1.165, 1.54) is 26.1 Å². The van der Waals surface area contributed by atoms with Gasteiger partial charge in [0.1, 0.15) is 0 Å². The molecule has 0 aromatic rings. The SMILES string of the molecule is C1CN2C(CN1)C1CC12. The molecule has 50 valence electrons. The normalized spacial score (nSPS) is 55.3. The van der Waals surface area contributed by atoms with Crippen LogP contribution in [0.15, 0.2) is 0 Å². The van der Waals surface area contributed by atoms with Gasteiger partial charge in [0.2, 0.25) is 0 Å². The van der Waals surface area contributed by atoms with E-state index in [4.69, 9.17) is 0 Å². The van der Waals surface area contributed by atoms with Crippen molar-refractivity contribution in [2.75, 3.05) is 19.6 Å². The largest absolute Gasteiger partial charge is 0.314 e. The molecule has 3 rings (SSSR count). The summed E-state index contributed by atoms with van der Waals surface area (Å²) < 4.78 is 0. The molecule has 2 aliphatic heterocycles. The van der Waals surface area contributed by atoms with Crippen LogP contribution in [0.1, 0.15) is 6.42 Å². The zero-order valence-corrected chi connectivity index (χ0v) is 5.51. The monoisotopic (exact) mass is 124 g/mol. The highest BCUT2D eigenvalue weighted by Crippen LogP contribution is 2.51. The van der Waals surface area contributed by atoms with Gasteiger partial charge in [-0.3, -0.25) is 4.90 Å². The van der Waals surface area contributed by atoms with Gasteiger partial charge in [0, 0.05) is 31.7 Å². The zero-order chi connectivity index (χ0) is 5.84. The van der Waals surface area contributed by atoms with Crippen molar-refractivity contribution in [2.45, 2.75) is 18.5 Å². The summed E-state index contributed by atoms with van der Waals surface area (Å²) >= 11 is 0. The molecule has 9 heavy (non-hydrogen) atoms. The zero-order valence-electron chi connectivity index (χ0n) is 5.51. The molecular weight excluding hydrogens is 112 g/mol. The summed E-state index contributed by atoms with van der Waals surface area (Å²) in [5.74, 6) is 1.11. The highest BCUT2D eigenvalue weighted by Gasteiger charge is 2.59. The van der Waals surface area contributed by atoms with E-state index < -0.39 is 0 Å². The van der Waals surface area contributed by atoms with Crippen molar-refractivity contribution >= 4 is 0 Å². The fourth-order valence-electron chi connectivity index (χ4n) is 2.44. The van der Waals surface area contributed by atoms with E-state index in [1.807, 2.05) is 0 Å². The lowest BCUT2D eigenvalue weighted by Gasteiger charge is -2.44. The molecular formula is C7H12N2. The van der Waals surface area contributed by atoms with Gasteiger partial charge in [0.05, 0.1) is 0 Å². The van der Waals surface area contributed by atoms with Gasteiger partial charge in [0.15, 0.2) is 0 Å². The Kier molecular flexibility index (Phi) is 0.691. The average Bonchev–Trinajstić information content (AvgIpc) is 2.58. The summed E-state index contributed by atoms with van der Waals surface area (Å²) in [6.45, 7) is 3.80. The Morgan fingerprint density at radius 2 is 2.33 bits per heavy atom. The predicted molar refractivity (Wildman–Crippen MR) is 35.3 cm³/mol. The maximum atomic E-state index is 3.43. The average molecular weight is 124 g/mol. The summed E-state index contributed by atoms with van der Waals surface area (Å²) in [6.07, 6.45) is 1.51. The second kappa shape index (κ2) is 1.32. The van der Waals surface area contributed by atoms with Crippen molar-refractivity contribution in [3.8, 4) is 0 Å². The van der Waals surface area contributed by atoms with Crippen molar-refractivity contribution in [3.63, 3.8) is 0 Å². The molecule has 1 aliphatic carbocycles. The highest BCUT2D eigenvalue weighted by molar-refractivity contribution is 5.15. The van der Waals surface area contributed by atoms with Crippen molar-refractivity contribution in [3.05, 3.63) is 0 Å². The fraction of sp³-hybridized carbons (Fsp3) is 1.00. The Bertz CT molecular complexity index is 130. The first-order valence-electron chi connectivity index (χ1n) is 3.93. The number of hydrogen-bond acceptors (Lipinski definition) is 2. The number of rotatable bonds is 0. The number of piperazine rings is 1. The topological polar surface area (TPSA) is 15.3 Å². The van der Waals surface area contributed by atoms with Crippen LogP contribution in [-0.4, -0.2) is 36.6 Å². The standard InChI is InChI=1S/C7H12N2/c1-2-9-6-3-5(6)7(9)4-8-1/h5-8H,1-4H2. The van der Waals surface area contributed by atoms with Crippen molar-refractivity contribution in [1.82, 2.24) is 10.2 Å². The number of fused-ring (bicyclic) bond motifs is 4. The minimum absolute atomic E-state index is 0.948. The molecule has 1 saturated carbocycles. The van der Waals surface area contributed by atoms with Crippen molar-refractivity contribution in [2.24, 2.45) is 5.92 Å². The molecule has 3 aliphatic rings. The fourth-order valence-corrected chi connectivity index (χ4v) is 2.44. The molecule has 0 aromatic carbocycles. The number of nitrogens with one attached hydrogen (secondary N) is 1. The number of hydrogen-bond donors (Lipinski definition) is 1. The highest BCUT2D eigenvalue weighted by atomic mass is 15.3. The predicted octanol–water partition coefficient (Wildman–Crippen LogP) is -0.338. The molecule has 2 nitrogen and oxygen atoms in total. The summed E-state index contributed by atoms with van der Waals surface area (Å²) in [5.41, 5.74) is 0. The summed E-state index contributed by atoms with van der Waals surface area (Å²) in [7, 11) is 0. The quantitative estimate of drug-likeness (QED) is 0.475. The molecule has 0 radical (unpaired) electrons. The molecule has 2 saturated heterocycles. The second-order valence-electron chi connectivity index (χ2n) is 3.48. The van der Waals surface area contributed by atoms with Crippen molar-refractivity contribution < 1.29 is 0 Å². The van der Waals surface area contributed by atoms with Gasteiger partial charge in [-0.1, -0.05) is 0 Å². The molecule has 2 heterocycles. The Hall–Kier alpha value is -0.0800. The molecule has 0 aromatic heterocycles. The van der Waals surface area contributed by atoms with Crippen LogP contribution in [0.4, 0.5) is 0 Å². The van der Waals surface area contributed by atoms with Gasteiger partial charge in [-0.15, -0.1) is 0 Å².